The molecule has 38 heavy (non-hydrogen) atoms. The average molecular weight is 538 g/mol. The second kappa shape index (κ2) is 15.9. The summed E-state index contributed by atoms with van der Waals surface area (Å²) >= 11 is 0. The molecule has 0 fully saturated rings. The molecule has 0 amide bonds. The SMILES string of the molecule is CCCCCCCCOc1cc2c(c(F)n1)C(F)(F)C(c1ncc(OCCCOCCCCC)cn1)CC2. The molecule has 0 aliphatic heterocycles. The van der Waals surface area contributed by atoms with Crippen LogP contribution in [0.25, 0.3) is 0 Å². The van der Waals surface area contributed by atoms with Crippen LogP contribution in [0, 0.1) is 5.95 Å². The van der Waals surface area contributed by atoms with Gasteiger partial charge in [0, 0.05) is 25.7 Å². The van der Waals surface area contributed by atoms with Crippen LogP contribution in [0.5, 0.6) is 11.6 Å². The van der Waals surface area contributed by atoms with Crippen LogP contribution in [0.3, 0.4) is 0 Å². The Kier molecular flexibility index (Phi) is 12.6. The topological polar surface area (TPSA) is 66.4 Å². The van der Waals surface area contributed by atoms with Crippen LogP contribution in [0.15, 0.2) is 18.5 Å². The normalized spacial score (nSPS) is 16.3. The second-order valence-electron chi connectivity index (χ2n) is 9.91. The highest BCUT2D eigenvalue weighted by Crippen LogP contribution is 2.49. The van der Waals surface area contributed by atoms with Gasteiger partial charge >= 0.3 is 0 Å². The first-order valence-corrected chi connectivity index (χ1v) is 14.2. The Morgan fingerprint density at radius 3 is 2.24 bits per heavy atom. The molecule has 3 rings (SSSR count). The van der Waals surface area contributed by atoms with E-state index in [1.54, 1.807) is 0 Å². The van der Waals surface area contributed by atoms with Crippen molar-refractivity contribution in [3.8, 4) is 11.6 Å². The number of hydrogen-bond acceptors (Lipinski definition) is 6. The number of nitrogens with zero attached hydrogens (tertiary/aromatic N) is 3. The molecule has 2 aromatic rings. The van der Waals surface area contributed by atoms with Gasteiger partial charge in [-0.25, -0.2) is 18.7 Å². The van der Waals surface area contributed by atoms with E-state index in [9.17, 15) is 4.39 Å². The molecule has 0 radical (unpaired) electrons. The lowest BCUT2D eigenvalue weighted by Crippen LogP contribution is -2.33. The van der Waals surface area contributed by atoms with Crippen LogP contribution in [0.2, 0.25) is 0 Å². The first-order valence-electron chi connectivity index (χ1n) is 14.2. The van der Waals surface area contributed by atoms with Crippen LogP contribution >= 0.6 is 0 Å². The fourth-order valence-electron chi connectivity index (χ4n) is 4.65. The molecule has 2 aromatic heterocycles. The molecule has 212 valence electrons. The average Bonchev–Trinajstić information content (AvgIpc) is 2.90. The molecular weight excluding hydrogens is 495 g/mol. The van der Waals surface area contributed by atoms with Crippen LogP contribution in [0.1, 0.15) is 107 Å². The van der Waals surface area contributed by atoms with Gasteiger partial charge in [-0.1, -0.05) is 58.8 Å². The molecular formula is C29H42F3N3O3. The predicted molar refractivity (Wildman–Crippen MR) is 141 cm³/mol. The van der Waals surface area contributed by atoms with Crippen molar-refractivity contribution in [1.29, 1.82) is 0 Å². The van der Waals surface area contributed by atoms with Gasteiger partial charge < -0.3 is 14.2 Å². The number of halogens is 3. The molecule has 0 saturated heterocycles. The third-order valence-electron chi connectivity index (χ3n) is 6.81. The monoisotopic (exact) mass is 537 g/mol. The summed E-state index contributed by atoms with van der Waals surface area (Å²) in [6.07, 6.45) is 13.8. The van der Waals surface area contributed by atoms with E-state index < -0.39 is 23.4 Å². The highest BCUT2D eigenvalue weighted by atomic mass is 19.3. The number of aryl methyl sites for hydroxylation is 1. The minimum Gasteiger partial charge on any atom is -0.490 e. The Hall–Kier alpha value is -2.42. The highest BCUT2D eigenvalue weighted by molar-refractivity contribution is 5.38. The zero-order valence-electron chi connectivity index (χ0n) is 22.8. The molecule has 1 atom stereocenters. The van der Waals surface area contributed by atoms with Crippen LogP contribution < -0.4 is 9.47 Å². The summed E-state index contributed by atoms with van der Waals surface area (Å²) in [7, 11) is 0. The fraction of sp³-hybridized carbons (Fsp3) is 0.690. The summed E-state index contributed by atoms with van der Waals surface area (Å²) in [6.45, 7) is 6.47. The van der Waals surface area contributed by atoms with Gasteiger partial charge in [-0.2, -0.15) is 9.37 Å². The summed E-state index contributed by atoms with van der Waals surface area (Å²) in [5.41, 5.74) is -0.447. The van der Waals surface area contributed by atoms with E-state index in [1.165, 1.54) is 37.7 Å². The third-order valence-corrected chi connectivity index (χ3v) is 6.81. The van der Waals surface area contributed by atoms with Gasteiger partial charge in [-0.15, -0.1) is 0 Å². The molecule has 6 nitrogen and oxygen atoms in total. The molecule has 2 heterocycles. The van der Waals surface area contributed by atoms with Crippen LogP contribution in [0.4, 0.5) is 13.2 Å². The van der Waals surface area contributed by atoms with Crippen molar-refractivity contribution >= 4 is 0 Å². The summed E-state index contributed by atoms with van der Waals surface area (Å²) < 4.78 is 62.5. The van der Waals surface area contributed by atoms with Crippen LogP contribution in [-0.2, 0) is 17.1 Å². The smallest absolute Gasteiger partial charge is 0.287 e. The number of pyridine rings is 1. The van der Waals surface area contributed by atoms with Crippen molar-refractivity contribution in [3.63, 3.8) is 0 Å². The van der Waals surface area contributed by atoms with Crippen molar-refractivity contribution in [2.75, 3.05) is 26.4 Å². The fourth-order valence-corrected chi connectivity index (χ4v) is 4.65. The third kappa shape index (κ3) is 8.82. The molecule has 0 aromatic carbocycles. The lowest BCUT2D eigenvalue weighted by Gasteiger charge is -2.32. The van der Waals surface area contributed by atoms with Gasteiger partial charge in [0.1, 0.15) is 5.82 Å². The number of ether oxygens (including phenoxy) is 3. The summed E-state index contributed by atoms with van der Waals surface area (Å²) in [5, 5.41) is 0. The van der Waals surface area contributed by atoms with Gasteiger partial charge in [0.25, 0.3) is 5.92 Å². The van der Waals surface area contributed by atoms with E-state index in [0.717, 1.165) is 45.1 Å². The Balaban J connectivity index is 1.51. The van der Waals surface area contributed by atoms with E-state index in [4.69, 9.17) is 14.2 Å². The number of alkyl halides is 2. The molecule has 0 bridgehead atoms. The van der Waals surface area contributed by atoms with Crippen molar-refractivity contribution in [3.05, 3.63) is 41.4 Å². The standard InChI is InChI=1S/C29H42F3N3O3/c1-3-5-7-8-9-11-17-38-25-19-22-13-14-24(29(31,32)26(22)27(30)35-25)28-33-20-23(21-34-28)37-18-12-16-36-15-10-6-4-2/h19-21,24H,3-18H2,1-2H3. The molecule has 9 heteroatoms. The van der Waals surface area contributed by atoms with Crippen molar-refractivity contribution < 1.29 is 27.4 Å². The van der Waals surface area contributed by atoms with E-state index in [-0.39, 0.29) is 30.1 Å². The van der Waals surface area contributed by atoms with E-state index >= 15 is 8.78 Å². The molecule has 1 aliphatic rings. The van der Waals surface area contributed by atoms with Gasteiger partial charge in [-0.05, 0) is 31.2 Å². The van der Waals surface area contributed by atoms with Gasteiger partial charge in [0.05, 0.1) is 37.1 Å². The Labute approximate surface area is 224 Å². The zero-order valence-corrected chi connectivity index (χ0v) is 22.8. The van der Waals surface area contributed by atoms with Gasteiger partial charge in [0.2, 0.25) is 11.8 Å². The quantitative estimate of drug-likeness (QED) is 0.145. The van der Waals surface area contributed by atoms with E-state index in [2.05, 4.69) is 28.8 Å². The number of hydrogen-bond donors (Lipinski definition) is 0. The number of rotatable bonds is 18. The highest BCUT2D eigenvalue weighted by Gasteiger charge is 2.50. The molecule has 1 unspecified atom stereocenters. The summed E-state index contributed by atoms with van der Waals surface area (Å²) in [6, 6.07) is 1.45. The number of aromatic nitrogens is 3. The number of unbranched alkanes of at least 4 members (excludes halogenated alkanes) is 7. The van der Waals surface area contributed by atoms with Gasteiger partial charge in [0.15, 0.2) is 5.75 Å². The maximum Gasteiger partial charge on any atom is 0.287 e. The Morgan fingerprint density at radius 1 is 0.842 bits per heavy atom. The molecule has 0 saturated carbocycles. The zero-order chi connectivity index (χ0) is 27.2. The minimum absolute atomic E-state index is 0.0324. The van der Waals surface area contributed by atoms with Crippen LogP contribution in [-0.4, -0.2) is 41.4 Å². The largest absolute Gasteiger partial charge is 0.490 e. The second-order valence-corrected chi connectivity index (χ2v) is 9.91. The molecule has 1 aliphatic carbocycles. The lowest BCUT2D eigenvalue weighted by atomic mass is 9.80. The first-order chi connectivity index (χ1) is 18.5. The summed E-state index contributed by atoms with van der Waals surface area (Å²) in [5.74, 6) is -5.58. The minimum atomic E-state index is -3.49. The summed E-state index contributed by atoms with van der Waals surface area (Å²) in [4.78, 5) is 12.0. The van der Waals surface area contributed by atoms with E-state index in [0.29, 0.717) is 32.0 Å². The lowest BCUT2D eigenvalue weighted by molar-refractivity contribution is -0.0501. The van der Waals surface area contributed by atoms with Crippen molar-refractivity contribution in [2.45, 2.75) is 103 Å². The Morgan fingerprint density at radius 2 is 1.47 bits per heavy atom. The Bertz CT molecular complexity index is 960. The van der Waals surface area contributed by atoms with Gasteiger partial charge in [-0.3, -0.25) is 0 Å². The van der Waals surface area contributed by atoms with Crippen molar-refractivity contribution in [1.82, 2.24) is 15.0 Å². The molecule has 0 N–H and O–H groups in total. The van der Waals surface area contributed by atoms with E-state index in [1.807, 2.05) is 0 Å². The maximum absolute atomic E-state index is 15.4. The first kappa shape index (κ1) is 30.1. The predicted octanol–water partition coefficient (Wildman–Crippen LogP) is 7.55. The van der Waals surface area contributed by atoms with Crippen molar-refractivity contribution in [2.24, 2.45) is 0 Å². The number of fused-ring (bicyclic) bond motifs is 1. The maximum atomic E-state index is 15.4. The molecule has 0 spiro atoms.